The van der Waals surface area contributed by atoms with Crippen LogP contribution in [0.4, 0.5) is 0 Å². The molecular weight excluding hydrogens is 230 g/mol. The number of aliphatic carboxylic acids is 1. The van der Waals surface area contributed by atoms with Crippen molar-refractivity contribution in [2.45, 2.75) is 19.4 Å². The SMILES string of the molecule is CC(NC(=O)c1csc(CCN)n1)C(=O)O. The molecule has 0 aromatic carbocycles. The number of carbonyl (C=O) groups is 2. The molecule has 0 aliphatic rings. The molecule has 1 heterocycles. The Morgan fingerprint density at radius 1 is 1.69 bits per heavy atom. The van der Waals surface area contributed by atoms with Crippen LogP contribution >= 0.6 is 11.3 Å². The molecule has 0 saturated carbocycles. The zero-order valence-corrected chi connectivity index (χ0v) is 9.58. The van der Waals surface area contributed by atoms with Gasteiger partial charge in [0.1, 0.15) is 11.7 Å². The summed E-state index contributed by atoms with van der Waals surface area (Å²) in [6.45, 7) is 1.87. The van der Waals surface area contributed by atoms with Crippen LogP contribution in [0.25, 0.3) is 0 Å². The molecule has 7 heteroatoms. The van der Waals surface area contributed by atoms with E-state index in [1.165, 1.54) is 18.3 Å². The second-order valence-electron chi connectivity index (χ2n) is 3.20. The summed E-state index contributed by atoms with van der Waals surface area (Å²) in [5.74, 6) is -1.56. The van der Waals surface area contributed by atoms with Crippen molar-refractivity contribution in [2.24, 2.45) is 5.73 Å². The Labute approximate surface area is 96.5 Å². The number of thiazole rings is 1. The third-order valence-corrected chi connectivity index (χ3v) is 2.77. The van der Waals surface area contributed by atoms with Gasteiger partial charge in [-0.2, -0.15) is 0 Å². The van der Waals surface area contributed by atoms with Gasteiger partial charge < -0.3 is 16.2 Å². The van der Waals surface area contributed by atoms with E-state index in [1.54, 1.807) is 5.38 Å². The molecule has 1 aromatic rings. The van der Waals surface area contributed by atoms with E-state index in [1.807, 2.05) is 0 Å². The minimum atomic E-state index is -1.08. The van der Waals surface area contributed by atoms with E-state index in [0.717, 1.165) is 5.01 Å². The monoisotopic (exact) mass is 243 g/mol. The van der Waals surface area contributed by atoms with Gasteiger partial charge in [0.25, 0.3) is 5.91 Å². The molecule has 0 saturated heterocycles. The van der Waals surface area contributed by atoms with Crippen molar-refractivity contribution in [1.29, 1.82) is 0 Å². The number of nitrogens with zero attached hydrogens (tertiary/aromatic N) is 1. The van der Waals surface area contributed by atoms with Gasteiger partial charge in [-0.3, -0.25) is 9.59 Å². The minimum Gasteiger partial charge on any atom is -0.480 e. The lowest BCUT2D eigenvalue weighted by Gasteiger charge is -2.06. The normalized spacial score (nSPS) is 12.1. The molecule has 4 N–H and O–H groups in total. The lowest BCUT2D eigenvalue weighted by Crippen LogP contribution is -2.38. The Bertz CT molecular complexity index is 391. The molecule has 0 spiro atoms. The summed E-state index contributed by atoms with van der Waals surface area (Å²) < 4.78 is 0. The molecule has 1 atom stereocenters. The molecular formula is C9H13N3O3S. The highest BCUT2D eigenvalue weighted by molar-refractivity contribution is 7.09. The number of carboxylic acids is 1. The third kappa shape index (κ3) is 3.28. The fourth-order valence-corrected chi connectivity index (χ4v) is 1.78. The number of hydrogen-bond acceptors (Lipinski definition) is 5. The van der Waals surface area contributed by atoms with Gasteiger partial charge in [0, 0.05) is 11.8 Å². The molecule has 0 aliphatic heterocycles. The van der Waals surface area contributed by atoms with Crippen LogP contribution in [0.2, 0.25) is 0 Å². The highest BCUT2D eigenvalue weighted by Crippen LogP contribution is 2.09. The van der Waals surface area contributed by atoms with Crippen LogP contribution in [0.5, 0.6) is 0 Å². The van der Waals surface area contributed by atoms with Gasteiger partial charge in [-0.1, -0.05) is 0 Å². The summed E-state index contributed by atoms with van der Waals surface area (Å²) in [7, 11) is 0. The summed E-state index contributed by atoms with van der Waals surface area (Å²) >= 11 is 1.34. The Hall–Kier alpha value is -1.47. The van der Waals surface area contributed by atoms with Crippen LogP contribution in [-0.4, -0.2) is 34.6 Å². The van der Waals surface area contributed by atoms with E-state index in [0.29, 0.717) is 13.0 Å². The summed E-state index contributed by atoms with van der Waals surface area (Å²) in [4.78, 5) is 26.1. The standard InChI is InChI=1S/C9H13N3O3S/c1-5(9(14)15)11-8(13)6-4-16-7(12-6)2-3-10/h4-5H,2-3,10H2,1H3,(H,11,13)(H,14,15). The zero-order valence-electron chi connectivity index (χ0n) is 8.77. The van der Waals surface area contributed by atoms with E-state index in [4.69, 9.17) is 10.8 Å². The Morgan fingerprint density at radius 3 is 2.94 bits per heavy atom. The average Bonchev–Trinajstić information content (AvgIpc) is 2.66. The van der Waals surface area contributed by atoms with Crippen molar-refractivity contribution in [1.82, 2.24) is 10.3 Å². The van der Waals surface area contributed by atoms with Crippen LogP contribution in [0.3, 0.4) is 0 Å². The number of rotatable bonds is 5. The van der Waals surface area contributed by atoms with Crippen LogP contribution in [-0.2, 0) is 11.2 Å². The number of carboxylic acid groups (broad SMARTS) is 1. The van der Waals surface area contributed by atoms with Crippen molar-refractivity contribution in [2.75, 3.05) is 6.54 Å². The van der Waals surface area contributed by atoms with Crippen LogP contribution in [0.1, 0.15) is 22.4 Å². The quantitative estimate of drug-likeness (QED) is 0.666. The first-order chi connectivity index (χ1) is 7.54. The summed E-state index contributed by atoms with van der Waals surface area (Å²) in [6, 6.07) is -0.924. The third-order valence-electron chi connectivity index (χ3n) is 1.86. The van der Waals surface area contributed by atoms with Crippen LogP contribution < -0.4 is 11.1 Å². The van der Waals surface area contributed by atoms with Crippen molar-refractivity contribution in [3.63, 3.8) is 0 Å². The average molecular weight is 243 g/mol. The lowest BCUT2D eigenvalue weighted by molar-refractivity contribution is -0.138. The number of carbonyl (C=O) groups excluding carboxylic acids is 1. The zero-order chi connectivity index (χ0) is 12.1. The molecule has 0 aliphatic carbocycles. The van der Waals surface area contributed by atoms with Crippen molar-refractivity contribution < 1.29 is 14.7 Å². The Morgan fingerprint density at radius 2 is 2.38 bits per heavy atom. The van der Waals surface area contributed by atoms with Gasteiger partial charge in [0.15, 0.2) is 0 Å². The first kappa shape index (κ1) is 12.6. The van der Waals surface area contributed by atoms with E-state index in [9.17, 15) is 9.59 Å². The molecule has 1 rings (SSSR count). The van der Waals surface area contributed by atoms with E-state index in [-0.39, 0.29) is 5.69 Å². The number of nitrogens with two attached hydrogens (primary N) is 1. The molecule has 6 nitrogen and oxygen atoms in total. The maximum Gasteiger partial charge on any atom is 0.325 e. The molecule has 1 amide bonds. The topological polar surface area (TPSA) is 105 Å². The van der Waals surface area contributed by atoms with E-state index >= 15 is 0 Å². The minimum absolute atomic E-state index is 0.238. The molecule has 1 aromatic heterocycles. The first-order valence-electron chi connectivity index (χ1n) is 4.72. The molecule has 0 bridgehead atoms. The van der Waals surface area contributed by atoms with Gasteiger partial charge >= 0.3 is 5.97 Å². The van der Waals surface area contributed by atoms with Crippen molar-refractivity contribution in [3.8, 4) is 0 Å². The highest BCUT2D eigenvalue weighted by Gasteiger charge is 2.17. The fraction of sp³-hybridized carbons (Fsp3) is 0.444. The van der Waals surface area contributed by atoms with Gasteiger partial charge in [0.05, 0.1) is 5.01 Å². The van der Waals surface area contributed by atoms with Gasteiger partial charge in [-0.05, 0) is 13.5 Å². The molecule has 16 heavy (non-hydrogen) atoms. The maximum absolute atomic E-state index is 11.5. The molecule has 0 radical (unpaired) electrons. The molecule has 1 unspecified atom stereocenters. The van der Waals surface area contributed by atoms with Crippen LogP contribution in [0.15, 0.2) is 5.38 Å². The lowest BCUT2D eigenvalue weighted by atomic mass is 10.3. The Kier molecular flexibility index (Phi) is 4.39. The van der Waals surface area contributed by atoms with E-state index < -0.39 is 17.9 Å². The van der Waals surface area contributed by atoms with Gasteiger partial charge in [-0.25, -0.2) is 4.98 Å². The molecule has 88 valence electrons. The van der Waals surface area contributed by atoms with Crippen molar-refractivity contribution in [3.05, 3.63) is 16.1 Å². The highest BCUT2D eigenvalue weighted by atomic mass is 32.1. The maximum atomic E-state index is 11.5. The van der Waals surface area contributed by atoms with Gasteiger partial charge in [0.2, 0.25) is 0 Å². The molecule has 0 fully saturated rings. The summed E-state index contributed by atoms with van der Waals surface area (Å²) in [6.07, 6.45) is 0.617. The second kappa shape index (κ2) is 5.57. The summed E-state index contributed by atoms with van der Waals surface area (Å²) in [5.41, 5.74) is 5.59. The predicted octanol–water partition coefficient (Wildman–Crippen LogP) is -0.153. The number of nitrogens with one attached hydrogen (secondary N) is 1. The predicted molar refractivity (Wildman–Crippen MR) is 59.4 cm³/mol. The summed E-state index contributed by atoms with van der Waals surface area (Å²) in [5, 5.41) is 13.3. The fourth-order valence-electron chi connectivity index (χ4n) is 0.986. The Balaban J connectivity index is 2.62. The van der Waals surface area contributed by atoms with Gasteiger partial charge in [-0.15, -0.1) is 11.3 Å². The van der Waals surface area contributed by atoms with Crippen molar-refractivity contribution >= 4 is 23.2 Å². The number of amides is 1. The number of hydrogen-bond donors (Lipinski definition) is 3. The number of aromatic nitrogens is 1. The second-order valence-corrected chi connectivity index (χ2v) is 4.14. The van der Waals surface area contributed by atoms with E-state index in [2.05, 4.69) is 10.3 Å². The first-order valence-corrected chi connectivity index (χ1v) is 5.60. The smallest absolute Gasteiger partial charge is 0.325 e. The largest absolute Gasteiger partial charge is 0.480 e. The van der Waals surface area contributed by atoms with Crippen LogP contribution in [0, 0.1) is 0 Å².